The fourth-order valence-electron chi connectivity index (χ4n) is 1.47. The lowest BCUT2D eigenvalue weighted by molar-refractivity contribution is -0.121. The molecule has 0 saturated heterocycles. The van der Waals surface area contributed by atoms with Gasteiger partial charge in [-0.05, 0) is 31.2 Å². The molecule has 4 nitrogen and oxygen atoms in total. The lowest BCUT2D eigenvalue weighted by atomic mass is 10.2. The fourth-order valence-corrected chi connectivity index (χ4v) is 1.47. The van der Waals surface area contributed by atoms with Gasteiger partial charge in [0.2, 0.25) is 5.91 Å². The maximum atomic E-state index is 12.7. The number of nitrogens with one attached hydrogen (secondary N) is 2. The van der Waals surface area contributed by atoms with Gasteiger partial charge in [0, 0.05) is 31.2 Å². The summed E-state index contributed by atoms with van der Waals surface area (Å²) in [6.07, 6.45) is 0.307. The van der Waals surface area contributed by atoms with Crippen LogP contribution < -0.4 is 16.4 Å². The summed E-state index contributed by atoms with van der Waals surface area (Å²) in [6, 6.07) is 5.82. The second-order valence-corrected chi connectivity index (χ2v) is 3.74. The molecule has 0 aliphatic rings. The van der Waals surface area contributed by atoms with Gasteiger partial charge >= 0.3 is 0 Å². The number of halogens is 1. The highest BCUT2D eigenvalue weighted by Gasteiger charge is 2.11. The molecular formula is C12H18FN3O. The average Bonchev–Trinajstić information content (AvgIpc) is 2.31. The van der Waals surface area contributed by atoms with Crippen LogP contribution in [0.4, 0.5) is 10.1 Å². The van der Waals surface area contributed by atoms with Crippen LogP contribution in [0.2, 0.25) is 0 Å². The lowest BCUT2D eigenvalue weighted by Crippen LogP contribution is -2.35. The Balaban J connectivity index is 2.51. The molecule has 0 aliphatic heterocycles. The summed E-state index contributed by atoms with van der Waals surface area (Å²) in [5.74, 6) is -0.332. The lowest BCUT2D eigenvalue weighted by Gasteiger charge is -2.17. The summed E-state index contributed by atoms with van der Waals surface area (Å²) < 4.78 is 12.7. The number of rotatable bonds is 6. The summed E-state index contributed by atoms with van der Waals surface area (Å²) in [4.78, 5) is 11.4. The zero-order valence-corrected chi connectivity index (χ0v) is 9.87. The first-order valence-electron chi connectivity index (χ1n) is 5.64. The number of hydrogen-bond acceptors (Lipinski definition) is 3. The van der Waals surface area contributed by atoms with E-state index in [0.29, 0.717) is 19.5 Å². The van der Waals surface area contributed by atoms with Crippen molar-refractivity contribution < 1.29 is 9.18 Å². The van der Waals surface area contributed by atoms with Crippen LogP contribution in [-0.2, 0) is 4.79 Å². The Morgan fingerprint density at radius 2 is 2.06 bits per heavy atom. The molecule has 4 N–H and O–H groups in total. The van der Waals surface area contributed by atoms with Gasteiger partial charge in [-0.1, -0.05) is 0 Å². The van der Waals surface area contributed by atoms with E-state index in [-0.39, 0.29) is 17.8 Å². The number of anilines is 1. The predicted molar refractivity (Wildman–Crippen MR) is 66.2 cm³/mol. The van der Waals surface area contributed by atoms with Gasteiger partial charge in [-0.3, -0.25) is 4.79 Å². The van der Waals surface area contributed by atoms with Crippen molar-refractivity contribution in [3.8, 4) is 0 Å². The van der Waals surface area contributed by atoms with Crippen molar-refractivity contribution in [1.29, 1.82) is 0 Å². The molecule has 1 aromatic rings. The molecule has 0 fully saturated rings. The third kappa shape index (κ3) is 4.82. The van der Waals surface area contributed by atoms with E-state index in [2.05, 4.69) is 10.6 Å². The van der Waals surface area contributed by atoms with Crippen LogP contribution in [0.3, 0.4) is 0 Å². The SMILES string of the molecule is CCNC(=O)CC(CN)Nc1ccc(F)cc1. The minimum atomic E-state index is -0.288. The highest BCUT2D eigenvalue weighted by molar-refractivity contribution is 5.77. The van der Waals surface area contributed by atoms with Gasteiger partial charge in [0.15, 0.2) is 0 Å². The Morgan fingerprint density at radius 1 is 1.41 bits per heavy atom. The number of benzene rings is 1. The van der Waals surface area contributed by atoms with E-state index >= 15 is 0 Å². The van der Waals surface area contributed by atoms with E-state index < -0.39 is 0 Å². The quantitative estimate of drug-likeness (QED) is 0.696. The van der Waals surface area contributed by atoms with Crippen molar-refractivity contribution >= 4 is 11.6 Å². The minimum Gasteiger partial charge on any atom is -0.381 e. The molecule has 0 aliphatic carbocycles. The number of nitrogens with two attached hydrogens (primary N) is 1. The van der Waals surface area contributed by atoms with E-state index in [9.17, 15) is 9.18 Å². The van der Waals surface area contributed by atoms with Gasteiger partial charge in [0.25, 0.3) is 0 Å². The maximum absolute atomic E-state index is 12.7. The van der Waals surface area contributed by atoms with Crippen LogP contribution >= 0.6 is 0 Å². The zero-order chi connectivity index (χ0) is 12.7. The maximum Gasteiger partial charge on any atom is 0.222 e. The van der Waals surface area contributed by atoms with Crippen LogP contribution in [0.15, 0.2) is 24.3 Å². The van der Waals surface area contributed by atoms with Crippen molar-refractivity contribution in [1.82, 2.24) is 5.32 Å². The molecule has 1 aromatic carbocycles. The third-order valence-corrected chi connectivity index (χ3v) is 2.31. The van der Waals surface area contributed by atoms with Gasteiger partial charge in [-0.2, -0.15) is 0 Å². The first kappa shape index (κ1) is 13.4. The molecule has 94 valence electrons. The third-order valence-electron chi connectivity index (χ3n) is 2.31. The van der Waals surface area contributed by atoms with Crippen LogP contribution in [0, 0.1) is 5.82 Å². The van der Waals surface area contributed by atoms with Crippen LogP contribution in [-0.4, -0.2) is 25.0 Å². The average molecular weight is 239 g/mol. The largest absolute Gasteiger partial charge is 0.381 e. The standard InChI is InChI=1S/C12H18FN3O/c1-2-15-12(17)7-11(8-14)16-10-5-3-9(13)4-6-10/h3-6,11,16H,2,7-8,14H2,1H3,(H,15,17). The van der Waals surface area contributed by atoms with Gasteiger partial charge in [-0.25, -0.2) is 4.39 Å². The van der Waals surface area contributed by atoms with Crippen LogP contribution in [0.25, 0.3) is 0 Å². The summed E-state index contributed by atoms with van der Waals surface area (Å²) in [6.45, 7) is 2.81. The predicted octanol–water partition coefficient (Wildman–Crippen LogP) is 1.09. The zero-order valence-electron chi connectivity index (χ0n) is 9.87. The van der Waals surface area contributed by atoms with Gasteiger partial charge in [0.05, 0.1) is 0 Å². The minimum absolute atomic E-state index is 0.0439. The van der Waals surface area contributed by atoms with E-state index in [1.165, 1.54) is 12.1 Å². The van der Waals surface area contributed by atoms with Gasteiger partial charge in [-0.15, -0.1) is 0 Å². The first-order chi connectivity index (χ1) is 8.15. The Kier molecular flexibility index (Phi) is 5.42. The van der Waals surface area contributed by atoms with E-state index in [1.807, 2.05) is 6.92 Å². The van der Waals surface area contributed by atoms with Crippen molar-refractivity contribution in [2.45, 2.75) is 19.4 Å². The molecule has 0 heterocycles. The first-order valence-corrected chi connectivity index (χ1v) is 5.64. The molecule has 0 saturated carbocycles. The van der Waals surface area contributed by atoms with Crippen molar-refractivity contribution in [2.75, 3.05) is 18.4 Å². The molecule has 1 unspecified atom stereocenters. The molecule has 17 heavy (non-hydrogen) atoms. The number of carbonyl (C=O) groups excluding carboxylic acids is 1. The Labute approximate surface area is 100 Å². The van der Waals surface area contributed by atoms with Crippen molar-refractivity contribution in [3.63, 3.8) is 0 Å². The van der Waals surface area contributed by atoms with Crippen LogP contribution in [0.1, 0.15) is 13.3 Å². The molecule has 0 spiro atoms. The Morgan fingerprint density at radius 3 is 2.59 bits per heavy atom. The van der Waals surface area contributed by atoms with Gasteiger partial charge < -0.3 is 16.4 Å². The highest BCUT2D eigenvalue weighted by Crippen LogP contribution is 2.10. The van der Waals surface area contributed by atoms with Crippen molar-refractivity contribution in [3.05, 3.63) is 30.1 Å². The second-order valence-electron chi connectivity index (χ2n) is 3.74. The van der Waals surface area contributed by atoms with Crippen LogP contribution in [0.5, 0.6) is 0 Å². The smallest absolute Gasteiger partial charge is 0.222 e. The monoisotopic (exact) mass is 239 g/mol. The molecule has 1 amide bonds. The molecule has 0 aromatic heterocycles. The summed E-state index contributed by atoms with van der Waals surface area (Å²) in [5, 5.41) is 5.80. The number of hydrogen-bond donors (Lipinski definition) is 3. The molecule has 0 bridgehead atoms. The number of amides is 1. The molecule has 5 heteroatoms. The van der Waals surface area contributed by atoms with Crippen molar-refractivity contribution in [2.24, 2.45) is 5.73 Å². The summed E-state index contributed by atoms with van der Waals surface area (Å²) in [7, 11) is 0. The van der Waals surface area contributed by atoms with E-state index in [0.717, 1.165) is 5.69 Å². The normalized spacial score (nSPS) is 11.9. The van der Waals surface area contributed by atoms with Gasteiger partial charge in [0.1, 0.15) is 5.82 Å². The summed E-state index contributed by atoms with van der Waals surface area (Å²) in [5.41, 5.74) is 6.33. The molecule has 1 atom stereocenters. The second kappa shape index (κ2) is 6.85. The summed E-state index contributed by atoms with van der Waals surface area (Å²) >= 11 is 0. The number of carbonyl (C=O) groups is 1. The van der Waals surface area contributed by atoms with E-state index in [4.69, 9.17) is 5.73 Å². The molecular weight excluding hydrogens is 221 g/mol. The van der Waals surface area contributed by atoms with E-state index in [1.54, 1.807) is 12.1 Å². The molecule has 0 radical (unpaired) electrons. The topological polar surface area (TPSA) is 67.2 Å². The Hall–Kier alpha value is -1.62. The molecule has 1 rings (SSSR count). The fraction of sp³-hybridized carbons (Fsp3) is 0.417. The Bertz CT molecular complexity index is 353. The highest BCUT2D eigenvalue weighted by atomic mass is 19.1.